The van der Waals surface area contributed by atoms with Crippen LogP contribution in [0.3, 0.4) is 0 Å². The van der Waals surface area contributed by atoms with Gasteiger partial charge >= 0.3 is 5.97 Å². The average Bonchev–Trinajstić information content (AvgIpc) is 2.37. The Balaban J connectivity index is 2.49. The lowest BCUT2D eigenvalue weighted by molar-refractivity contribution is -0.142. The molecule has 0 bridgehead atoms. The summed E-state index contributed by atoms with van der Waals surface area (Å²) >= 11 is 0. The fourth-order valence-corrected chi connectivity index (χ4v) is 1.46. The molecule has 18 heavy (non-hydrogen) atoms. The second kappa shape index (κ2) is 7.37. The number of hydrogen-bond donors (Lipinski definition) is 1. The standard InChI is InChI=1S/C14H18O4/c1-3-4-5-8-18-14(16)10-11-6-7-12(15)13(9-11)17-2/h3-4,6-7,9,15H,5,8,10H2,1-2H3/b4-3-. The SMILES string of the molecule is C/C=C\CCOC(=O)Cc1ccc(O)c(OC)c1. The van der Waals surface area contributed by atoms with Gasteiger partial charge in [-0.05, 0) is 31.0 Å². The predicted octanol–water partition coefficient (Wildman–Crippen LogP) is 2.45. The van der Waals surface area contributed by atoms with Gasteiger partial charge in [-0.2, -0.15) is 0 Å². The maximum atomic E-state index is 11.5. The molecule has 98 valence electrons. The number of aromatic hydroxyl groups is 1. The first kappa shape index (κ1) is 14.1. The molecule has 0 heterocycles. The van der Waals surface area contributed by atoms with E-state index in [0.717, 1.165) is 12.0 Å². The normalized spacial score (nSPS) is 10.6. The predicted molar refractivity (Wildman–Crippen MR) is 68.8 cm³/mol. The van der Waals surface area contributed by atoms with Gasteiger partial charge in [0.25, 0.3) is 0 Å². The van der Waals surface area contributed by atoms with E-state index in [1.54, 1.807) is 12.1 Å². The molecule has 0 aliphatic carbocycles. The lowest BCUT2D eigenvalue weighted by Gasteiger charge is -2.06. The van der Waals surface area contributed by atoms with Gasteiger partial charge in [0.05, 0.1) is 20.1 Å². The van der Waals surface area contributed by atoms with Crippen LogP contribution in [0, 0.1) is 0 Å². The molecule has 0 amide bonds. The van der Waals surface area contributed by atoms with Crippen molar-refractivity contribution in [1.29, 1.82) is 0 Å². The Labute approximate surface area is 107 Å². The fraction of sp³-hybridized carbons (Fsp3) is 0.357. The molecule has 1 aromatic carbocycles. The van der Waals surface area contributed by atoms with E-state index < -0.39 is 0 Å². The summed E-state index contributed by atoms with van der Waals surface area (Å²) in [7, 11) is 1.47. The molecule has 0 spiro atoms. The number of methoxy groups -OCH3 is 1. The molecule has 0 aliphatic rings. The molecular weight excluding hydrogens is 232 g/mol. The van der Waals surface area contributed by atoms with Crippen LogP contribution in [0.1, 0.15) is 18.9 Å². The van der Waals surface area contributed by atoms with Crippen LogP contribution < -0.4 is 4.74 Å². The van der Waals surface area contributed by atoms with Crippen LogP contribution in [0.15, 0.2) is 30.4 Å². The molecule has 1 rings (SSSR count). The Kier molecular flexibility index (Phi) is 5.77. The van der Waals surface area contributed by atoms with Gasteiger partial charge in [-0.15, -0.1) is 0 Å². The largest absolute Gasteiger partial charge is 0.504 e. The van der Waals surface area contributed by atoms with Crippen LogP contribution in [0.5, 0.6) is 11.5 Å². The molecule has 0 unspecified atom stereocenters. The Bertz CT molecular complexity index is 424. The number of allylic oxidation sites excluding steroid dienone is 1. The minimum absolute atomic E-state index is 0.0581. The molecule has 1 aromatic rings. The van der Waals surface area contributed by atoms with E-state index in [1.807, 2.05) is 19.1 Å². The van der Waals surface area contributed by atoms with E-state index in [0.29, 0.717) is 12.4 Å². The van der Waals surface area contributed by atoms with Crippen molar-refractivity contribution in [2.45, 2.75) is 19.8 Å². The molecular formula is C14H18O4. The number of benzene rings is 1. The summed E-state index contributed by atoms with van der Waals surface area (Å²) in [6.07, 6.45) is 4.75. The third-order valence-corrected chi connectivity index (χ3v) is 2.38. The van der Waals surface area contributed by atoms with E-state index in [2.05, 4.69) is 0 Å². The third kappa shape index (κ3) is 4.49. The lowest BCUT2D eigenvalue weighted by Crippen LogP contribution is -2.08. The van der Waals surface area contributed by atoms with Crippen LogP contribution in [-0.4, -0.2) is 24.8 Å². The molecule has 0 saturated carbocycles. The van der Waals surface area contributed by atoms with Gasteiger partial charge in [0.15, 0.2) is 11.5 Å². The minimum Gasteiger partial charge on any atom is -0.504 e. The molecule has 0 saturated heterocycles. The maximum absolute atomic E-state index is 11.5. The van der Waals surface area contributed by atoms with Crippen LogP contribution >= 0.6 is 0 Å². The maximum Gasteiger partial charge on any atom is 0.310 e. The average molecular weight is 250 g/mol. The number of carbonyl (C=O) groups excluding carboxylic acids is 1. The van der Waals surface area contributed by atoms with Gasteiger partial charge in [-0.25, -0.2) is 0 Å². The summed E-state index contributed by atoms with van der Waals surface area (Å²) in [5, 5.41) is 9.42. The topological polar surface area (TPSA) is 55.8 Å². The number of esters is 1. The van der Waals surface area contributed by atoms with Gasteiger partial charge in [-0.1, -0.05) is 18.2 Å². The Hall–Kier alpha value is -1.97. The molecule has 0 aromatic heterocycles. The molecule has 0 fully saturated rings. The first-order valence-corrected chi connectivity index (χ1v) is 5.80. The first-order chi connectivity index (χ1) is 8.67. The van der Waals surface area contributed by atoms with E-state index in [9.17, 15) is 9.90 Å². The van der Waals surface area contributed by atoms with Gasteiger partial charge < -0.3 is 14.6 Å². The van der Waals surface area contributed by atoms with Crippen molar-refractivity contribution < 1.29 is 19.4 Å². The zero-order valence-corrected chi connectivity index (χ0v) is 10.7. The number of hydrogen-bond acceptors (Lipinski definition) is 4. The molecule has 0 aliphatic heterocycles. The zero-order chi connectivity index (χ0) is 13.4. The lowest BCUT2D eigenvalue weighted by atomic mass is 10.1. The number of phenolic OH excluding ortho intramolecular Hbond substituents is 1. The molecule has 0 radical (unpaired) electrons. The number of rotatable bonds is 6. The zero-order valence-electron chi connectivity index (χ0n) is 10.7. The van der Waals surface area contributed by atoms with Gasteiger partial charge in [0.1, 0.15) is 0 Å². The number of ether oxygens (including phenoxy) is 2. The van der Waals surface area contributed by atoms with Crippen molar-refractivity contribution in [2.24, 2.45) is 0 Å². The van der Waals surface area contributed by atoms with Crippen molar-refractivity contribution in [3.8, 4) is 11.5 Å². The van der Waals surface area contributed by atoms with Crippen molar-refractivity contribution in [2.75, 3.05) is 13.7 Å². The van der Waals surface area contributed by atoms with E-state index >= 15 is 0 Å². The van der Waals surface area contributed by atoms with Crippen molar-refractivity contribution in [3.05, 3.63) is 35.9 Å². The summed E-state index contributed by atoms with van der Waals surface area (Å²) < 4.78 is 10.0. The smallest absolute Gasteiger partial charge is 0.310 e. The second-order valence-electron chi connectivity index (χ2n) is 3.76. The quantitative estimate of drug-likeness (QED) is 0.478. The van der Waals surface area contributed by atoms with E-state index in [1.165, 1.54) is 13.2 Å². The number of carbonyl (C=O) groups is 1. The minimum atomic E-state index is -0.285. The van der Waals surface area contributed by atoms with Gasteiger partial charge in [0, 0.05) is 0 Å². The van der Waals surface area contributed by atoms with Crippen molar-refractivity contribution in [1.82, 2.24) is 0 Å². The first-order valence-electron chi connectivity index (χ1n) is 5.80. The van der Waals surface area contributed by atoms with Crippen molar-refractivity contribution in [3.63, 3.8) is 0 Å². The van der Waals surface area contributed by atoms with Crippen LogP contribution in [0.4, 0.5) is 0 Å². The summed E-state index contributed by atoms with van der Waals surface area (Å²) in [4.78, 5) is 11.5. The fourth-order valence-electron chi connectivity index (χ4n) is 1.46. The van der Waals surface area contributed by atoms with Crippen molar-refractivity contribution >= 4 is 5.97 Å². The summed E-state index contributed by atoms with van der Waals surface area (Å²) in [5.74, 6) is 0.129. The summed E-state index contributed by atoms with van der Waals surface area (Å²) in [6.45, 7) is 2.31. The number of phenols is 1. The third-order valence-electron chi connectivity index (χ3n) is 2.38. The molecule has 4 nitrogen and oxygen atoms in total. The second-order valence-corrected chi connectivity index (χ2v) is 3.76. The highest BCUT2D eigenvalue weighted by atomic mass is 16.5. The highest BCUT2D eigenvalue weighted by molar-refractivity contribution is 5.72. The van der Waals surface area contributed by atoms with E-state index in [-0.39, 0.29) is 18.1 Å². The van der Waals surface area contributed by atoms with Gasteiger partial charge in [-0.3, -0.25) is 4.79 Å². The highest BCUT2D eigenvalue weighted by Gasteiger charge is 2.07. The Morgan fingerprint density at radius 3 is 2.89 bits per heavy atom. The molecule has 0 atom stereocenters. The van der Waals surface area contributed by atoms with E-state index in [4.69, 9.17) is 9.47 Å². The summed E-state index contributed by atoms with van der Waals surface area (Å²) in [5.41, 5.74) is 0.751. The monoisotopic (exact) mass is 250 g/mol. The highest BCUT2D eigenvalue weighted by Crippen LogP contribution is 2.26. The Morgan fingerprint density at radius 2 is 2.22 bits per heavy atom. The van der Waals surface area contributed by atoms with Crippen LogP contribution in [-0.2, 0) is 16.0 Å². The Morgan fingerprint density at radius 1 is 1.44 bits per heavy atom. The van der Waals surface area contributed by atoms with Crippen LogP contribution in [0.25, 0.3) is 0 Å². The summed E-state index contributed by atoms with van der Waals surface area (Å²) in [6, 6.07) is 4.80. The molecule has 1 N–H and O–H groups in total. The molecule has 4 heteroatoms. The van der Waals surface area contributed by atoms with Gasteiger partial charge in [0.2, 0.25) is 0 Å². The van der Waals surface area contributed by atoms with Crippen LogP contribution in [0.2, 0.25) is 0 Å².